The number of amides is 1. The topological polar surface area (TPSA) is 45.5 Å². The number of carbonyl (C=O) groups excluding carboxylic acids is 1. The molecule has 4 heteroatoms. The molecule has 0 radical (unpaired) electrons. The first-order valence-electron chi connectivity index (χ1n) is 8.72. The summed E-state index contributed by atoms with van der Waals surface area (Å²) in [7, 11) is 3.76. The number of aliphatic hydroxyl groups excluding tert-OH is 1. The fraction of sp³-hybridized carbons (Fsp3) is 0.450. The lowest BCUT2D eigenvalue weighted by molar-refractivity contribution is 0.0447. The van der Waals surface area contributed by atoms with Crippen molar-refractivity contribution in [3.05, 3.63) is 48.2 Å². The normalized spacial score (nSPS) is 20.8. The number of nitrogens with zero attached hydrogens (tertiary/aromatic N) is 2. The Morgan fingerprint density at radius 1 is 1.17 bits per heavy atom. The highest BCUT2D eigenvalue weighted by molar-refractivity contribution is 5.93. The van der Waals surface area contributed by atoms with Crippen molar-refractivity contribution in [1.29, 1.82) is 0 Å². The second-order valence-electron chi connectivity index (χ2n) is 6.83. The molecule has 2 unspecified atom stereocenters. The summed E-state index contributed by atoms with van der Waals surface area (Å²) in [4.78, 5) is 14.6. The van der Waals surface area contributed by atoms with Gasteiger partial charge < -0.3 is 14.6 Å². The number of aliphatic hydroxyl groups is 1. The fourth-order valence-electron chi connectivity index (χ4n) is 3.66. The lowest BCUT2D eigenvalue weighted by atomic mass is 9.86. The molecular weight excluding hydrogens is 300 g/mol. The van der Waals surface area contributed by atoms with Crippen molar-refractivity contribution in [2.75, 3.05) is 13.6 Å². The summed E-state index contributed by atoms with van der Waals surface area (Å²) in [6, 6.07) is 14.0. The van der Waals surface area contributed by atoms with Gasteiger partial charge in [-0.2, -0.15) is 0 Å². The SMILES string of the molecule is CN(CC1CCCCC1O)C(=O)c1ccc(-c2ccccc2)n1C. The van der Waals surface area contributed by atoms with E-state index in [1.165, 1.54) is 0 Å². The molecule has 128 valence electrons. The summed E-state index contributed by atoms with van der Waals surface area (Å²) in [5.41, 5.74) is 2.82. The molecule has 0 aliphatic heterocycles. The molecule has 1 aromatic heterocycles. The van der Waals surface area contributed by atoms with Gasteiger partial charge in [-0.15, -0.1) is 0 Å². The average molecular weight is 326 g/mol. The van der Waals surface area contributed by atoms with Crippen molar-refractivity contribution < 1.29 is 9.90 Å². The Bertz CT molecular complexity index is 693. The average Bonchev–Trinajstić information content (AvgIpc) is 2.98. The first-order chi connectivity index (χ1) is 11.6. The molecule has 1 fully saturated rings. The highest BCUT2D eigenvalue weighted by Gasteiger charge is 2.26. The molecule has 2 atom stereocenters. The van der Waals surface area contributed by atoms with Crippen molar-refractivity contribution in [3.63, 3.8) is 0 Å². The molecule has 0 saturated heterocycles. The van der Waals surface area contributed by atoms with E-state index in [-0.39, 0.29) is 17.9 Å². The van der Waals surface area contributed by atoms with Crippen LogP contribution in [0.5, 0.6) is 0 Å². The Morgan fingerprint density at radius 2 is 1.88 bits per heavy atom. The number of benzene rings is 1. The predicted molar refractivity (Wildman–Crippen MR) is 95.8 cm³/mol. The molecule has 1 saturated carbocycles. The standard InChI is InChI=1S/C20H26N2O2/c1-21(14-16-10-6-7-11-19(16)23)20(24)18-13-12-17(22(18)2)15-8-4-3-5-9-15/h3-5,8-9,12-13,16,19,23H,6-7,10-11,14H2,1-2H3. The zero-order chi connectivity index (χ0) is 17.1. The molecule has 2 aromatic rings. The van der Waals surface area contributed by atoms with E-state index in [1.54, 1.807) is 4.90 Å². The van der Waals surface area contributed by atoms with Crippen LogP contribution in [-0.4, -0.2) is 40.2 Å². The van der Waals surface area contributed by atoms with E-state index in [9.17, 15) is 9.90 Å². The summed E-state index contributed by atoms with van der Waals surface area (Å²) in [6.07, 6.45) is 3.82. The molecule has 1 aromatic carbocycles. The van der Waals surface area contributed by atoms with Gasteiger partial charge in [0.05, 0.1) is 6.10 Å². The van der Waals surface area contributed by atoms with Crippen LogP contribution in [0.1, 0.15) is 36.2 Å². The summed E-state index contributed by atoms with van der Waals surface area (Å²) >= 11 is 0. The smallest absolute Gasteiger partial charge is 0.270 e. The lowest BCUT2D eigenvalue weighted by Crippen LogP contribution is -2.38. The van der Waals surface area contributed by atoms with Crippen molar-refractivity contribution >= 4 is 5.91 Å². The van der Waals surface area contributed by atoms with Crippen LogP contribution in [0.4, 0.5) is 0 Å². The third kappa shape index (κ3) is 3.39. The minimum absolute atomic E-state index is 0.0115. The Morgan fingerprint density at radius 3 is 2.58 bits per heavy atom. The van der Waals surface area contributed by atoms with Crippen LogP contribution in [0.3, 0.4) is 0 Å². The molecule has 4 nitrogen and oxygen atoms in total. The molecule has 1 heterocycles. The number of hydrogen-bond acceptors (Lipinski definition) is 2. The zero-order valence-electron chi connectivity index (χ0n) is 14.5. The quantitative estimate of drug-likeness (QED) is 0.937. The Kier molecular flexibility index (Phi) is 5.05. The Hall–Kier alpha value is -2.07. The first kappa shape index (κ1) is 16.8. The Balaban J connectivity index is 1.74. The molecule has 0 spiro atoms. The van der Waals surface area contributed by atoms with E-state index in [0.29, 0.717) is 12.2 Å². The van der Waals surface area contributed by atoms with Crippen molar-refractivity contribution in [1.82, 2.24) is 9.47 Å². The fourth-order valence-corrected chi connectivity index (χ4v) is 3.66. The van der Waals surface area contributed by atoms with E-state index in [2.05, 4.69) is 0 Å². The third-order valence-electron chi connectivity index (χ3n) is 5.13. The van der Waals surface area contributed by atoms with Gasteiger partial charge in [0.2, 0.25) is 0 Å². The third-order valence-corrected chi connectivity index (χ3v) is 5.13. The summed E-state index contributed by atoms with van der Waals surface area (Å²) in [5.74, 6) is 0.207. The van der Waals surface area contributed by atoms with Gasteiger partial charge >= 0.3 is 0 Å². The van der Waals surface area contributed by atoms with Gasteiger partial charge in [0.1, 0.15) is 5.69 Å². The maximum Gasteiger partial charge on any atom is 0.270 e. The summed E-state index contributed by atoms with van der Waals surface area (Å²) in [5, 5.41) is 10.1. The largest absolute Gasteiger partial charge is 0.393 e. The van der Waals surface area contributed by atoms with Crippen molar-refractivity contribution in [3.8, 4) is 11.3 Å². The lowest BCUT2D eigenvalue weighted by Gasteiger charge is -2.31. The van der Waals surface area contributed by atoms with Crippen LogP contribution in [0.15, 0.2) is 42.5 Å². The minimum Gasteiger partial charge on any atom is -0.393 e. The van der Waals surface area contributed by atoms with Gasteiger partial charge in [-0.1, -0.05) is 43.2 Å². The second-order valence-corrected chi connectivity index (χ2v) is 6.83. The number of carbonyl (C=O) groups is 1. The van der Waals surface area contributed by atoms with Crippen LogP contribution < -0.4 is 0 Å². The van der Waals surface area contributed by atoms with Gasteiger partial charge in [0, 0.05) is 32.3 Å². The maximum absolute atomic E-state index is 12.8. The zero-order valence-corrected chi connectivity index (χ0v) is 14.5. The van der Waals surface area contributed by atoms with Crippen LogP contribution in [0, 0.1) is 5.92 Å². The summed E-state index contributed by atoms with van der Waals surface area (Å²) in [6.45, 7) is 0.617. The van der Waals surface area contributed by atoms with Crippen LogP contribution in [-0.2, 0) is 7.05 Å². The highest BCUT2D eigenvalue weighted by atomic mass is 16.3. The van der Waals surface area contributed by atoms with Crippen molar-refractivity contribution in [2.24, 2.45) is 13.0 Å². The molecule has 1 aliphatic carbocycles. The molecule has 0 bridgehead atoms. The molecule has 3 rings (SSSR count). The van der Waals surface area contributed by atoms with E-state index < -0.39 is 0 Å². The number of aromatic nitrogens is 1. The maximum atomic E-state index is 12.8. The van der Waals surface area contributed by atoms with Crippen LogP contribution >= 0.6 is 0 Å². The van der Waals surface area contributed by atoms with Crippen LogP contribution in [0.2, 0.25) is 0 Å². The van der Waals surface area contributed by atoms with E-state index in [4.69, 9.17) is 0 Å². The van der Waals surface area contributed by atoms with Gasteiger partial charge in [0.25, 0.3) is 5.91 Å². The number of hydrogen-bond donors (Lipinski definition) is 1. The Labute approximate surface area is 143 Å². The van der Waals surface area contributed by atoms with Gasteiger partial charge in [-0.3, -0.25) is 4.79 Å². The van der Waals surface area contributed by atoms with Crippen molar-refractivity contribution in [2.45, 2.75) is 31.8 Å². The highest BCUT2D eigenvalue weighted by Crippen LogP contribution is 2.26. The van der Waals surface area contributed by atoms with E-state index in [1.807, 2.05) is 61.1 Å². The number of rotatable bonds is 4. The molecule has 24 heavy (non-hydrogen) atoms. The van der Waals surface area contributed by atoms with Gasteiger partial charge in [-0.25, -0.2) is 0 Å². The van der Waals surface area contributed by atoms with E-state index in [0.717, 1.165) is 36.9 Å². The minimum atomic E-state index is -0.276. The van der Waals surface area contributed by atoms with Crippen LogP contribution in [0.25, 0.3) is 11.3 Å². The molecular formula is C20H26N2O2. The summed E-state index contributed by atoms with van der Waals surface area (Å²) < 4.78 is 1.95. The second kappa shape index (κ2) is 7.22. The molecule has 1 aliphatic rings. The molecule has 1 amide bonds. The molecule has 1 N–H and O–H groups in total. The predicted octanol–water partition coefficient (Wildman–Crippen LogP) is 3.32. The van der Waals surface area contributed by atoms with Gasteiger partial charge in [-0.05, 0) is 30.5 Å². The van der Waals surface area contributed by atoms with E-state index >= 15 is 0 Å². The first-order valence-corrected chi connectivity index (χ1v) is 8.72. The van der Waals surface area contributed by atoms with Gasteiger partial charge in [0.15, 0.2) is 0 Å². The monoisotopic (exact) mass is 326 g/mol.